The molecule has 0 spiro atoms. The van der Waals surface area contributed by atoms with Gasteiger partial charge in [0, 0.05) is 12.7 Å². The molecule has 0 aliphatic carbocycles. The first-order valence-corrected chi connectivity index (χ1v) is 6.63. The first-order chi connectivity index (χ1) is 8.15. The SMILES string of the molecule is CNC(=O)Cc1ccc(NC(=O)CSC)cc1. The van der Waals surface area contributed by atoms with Crippen molar-refractivity contribution >= 4 is 29.3 Å². The van der Waals surface area contributed by atoms with Crippen LogP contribution in [0.5, 0.6) is 0 Å². The summed E-state index contributed by atoms with van der Waals surface area (Å²) in [5, 5.41) is 5.34. The lowest BCUT2D eigenvalue weighted by Crippen LogP contribution is -2.20. The molecule has 5 heteroatoms. The molecular formula is C12H16N2O2S. The normalized spacial score (nSPS) is 9.76. The van der Waals surface area contributed by atoms with Crippen LogP contribution in [0, 0.1) is 0 Å². The molecule has 0 heterocycles. The van der Waals surface area contributed by atoms with Gasteiger partial charge in [0.15, 0.2) is 0 Å². The maximum atomic E-state index is 11.3. The molecule has 0 saturated carbocycles. The van der Waals surface area contributed by atoms with Gasteiger partial charge < -0.3 is 10.6 Å². The summed E-state index contributed by atoms with van der Waals surface area (Å²) in [6, 6.07) is 7.28. The average Bonchev–Trinajstić information content (AvgIpc) is 2.32. The number of nitrogens with one attached hydrogen (secondary N) is 2. The van der Waals surface area contributed by atoms with Gasteiger partial charge in [-0.1, -0.05) is 12.1 Å². The van der Waals surface area contributed by atoms with E-state index in [0.717, 1.165) is 11.3 Å². The third-order valence-corrected chi connectivity index (χ3v) is 2.71. The minimum Gasteiger partial charge on any atom is -0.359 e. The number of likely N-dealkylation sites (N-methyl/N-ethyl adjacent to an activating group) is 1. The van der Waals surface area contributed by atoms with E-state index in [0.29, 0.717) is 12.2 Å². The number of anilines is 1. The Morgan fingerprint density at radius 2 is 1.82 bits per heavy atom. The summed E-state index contributed by atoms with van der Waals surface area (Å²) in [5.41, 5.74) is 1.68. The second-order valence-electron chi connectivity index (χ2n) is 3.53. The Balaban J connectivity index is 2.55. The molecule has 0 atom stereocenters. The van der Waals surface area contributed by atoms with Gasteiger partial charge in [-0.05, 0) is 24.0 Å². The molecule has 1 rings (SSSR count). The number of hydrogen-bond donors (Lipinski definition) is 2. The maximum Gasteiger partial charge on any atom is 0.234 e. The molecule has 1 aromatic carbocycles. The van der Waals surface area contributed by atoms with Gasteiger partial charge in [0.05, 0.1) is 12.2 Å². The zero-order valence-electron chi connectivity index (χ0n) is 9.95. The highest BCUT2D eigenvalue weighted by Gasteiger charge is 2.03. The summed E-state index contributed by atoms with van der Waals surface area (Å²) < 4.78 is 0. The summed E-state index contributed by atoms with van der Waals surface area (Å²) in [4.78, 5) is 22.5. The first-order valence-electron chi connectivity index (χ1n) is 5.24. The van der Waals surface area contributed by atoms with E-state index in [1.54, 1.807) is 19.2 Å². The lowest BCUT2D eigenvalue weighted by molar-refractivity contribution is -0.120. The van der Waals surface area contributed by atoms with Crippen molar-refractivity contribution in [2.45, 2.75) is 6.42 Å². The maximum absolute atomic E-state index is 11.3. The Kier molecular flexibility index (Phi) is 5.56. The third kappa shape index (κ3) is 4.91. The second kappa shape index (κ2) is 6.96. The molecule has 17 heavy (non-hydrogen) atoms. The Morgan fingerprint density at radius 1 is 1.18 bits per heavy atom. The van der Waals surface area contributed by atoms with Crippen molar-refractivity contribution in [2.24, 2.45) is 0 Å². The molecule has 0 aliphatic heterocycles. The molecule has 0 fully saturated rings. The molecule has 0 bridgehead atoms. The predicted octanol–water partition coefficient (Wildman–Crippen LogP) is 1.28. The Morgan fingerprint density at radius 3 is 2.35 bits per heavy atom. The van der Waals surface area contributed by atoms with Gasteiger partial charge in [0.1, 0.15) is 0 Å². The van der Waals surface area contributed by atoms with Crippen LogP contribution in [-0.2, 0) is 16.0 Å². The van der Waals surface area contributed by atoms with Crippen LogP contribution in [0.1, 0.15) is 5.56 Å². The van der Waals surface area contributed by atoms with Crippen molar-refractivity contribution < 1.29 is 9.59 Å². The number of amides is 2. The van der Waals surface area contributed by atoms with E-state index in [2.05, 4.69) is 10.6 Å². The quantitative estimate of drug-likeness (QED) is 0.830. The van der Waals surface area contributed by atoms with Crippen LogP contribution in [0.2, 0.25) is 0 Å². The van der Waals surface area contributed by atoms with Crippen LogP contribution in [0.3, 0.4) is 0 Å². The van der Waals surface area contributed by atoms with E-state index in [1.165, 1.54) is 11.8 Å². The largest absolute Gasteiger partial charge is 0.359 e. The fourth-order valence-corrected chi connectivity index (χ4v) is 1.64. The highest BCUT2D eigenvalue weighted by molar-refractivity contribution is 7.99. The summed E-state index contributed by atoms with van der Waals surface area (Å²) in [6.45, 7) is 0. The van der Waals surface area contributed by atoms with Crippen LogP contribution in [0.15, 0.2) is 24.3 Å². The highest BCUT2D eigenvalue weighted by atomic mass is 32.2. The van der Waals surface area contributed by atoms with Gasteiger partial charge in [0.2, 0.25) is 11.8 Å². The van der Waals surface area contributed by atoms with E-state index in [4.69, 9.17) is 0 Å². The van der Waals surface area contributed by atoms with Crippen molar-refractivity contribution in [3.05, 3.63) is 29.8 Å². The van der Waals surface area contributed by atoms with Crippen LogP contribution in [0.25, 0.3) is 0 Å². The zero-order chi connectivity index (χ0) is 12.7. The van der Waals surface area contributed by atoms with E-state index in [-0.39, 0.29) is 11.8 Å². The highest BCUT2D eigenvalue weighted by Crippen LogP contribution is 2.10. The molecular weight excluding hydrogens is 236 g/mol. The van der Waals surface area contributed by atoms with Crippen molar-refractivity contribution in [2.75, 3.05) is 24.4 Å². The van der Waals surface area contributed by atoms with Gasteiger partial charge >= 0.3 is 0 Å². The summed E-state index contributed by atoms with van der Waals surface area (Å²) in [5.74, 6) is 0.403. The molecule has 0 unspecified atom stereocenters. The number of benzene rings is 1. The smallest absolute Gasteiger partial charge is 0.234 e. The topological polar surface area (TPSA) is 58.2 Å². The molecule has 1 aromatic rings. The first kappa shape index (κ1) is 13.6. The van der Waals surface area contributed by atoms with E-state index in [9.17, 15) is 9.59 Å². The molecule has 0 aliphatic rings. The minimum atomic E-state index is -0.0239. The number of carbonyl (C=O) groups is 2. The minimum absolute atomic E-state index is 0.0171. The molecule has 92 valence electrons. The number of rotatable bonds is 5. The van der Waals surface area contributed by atoms with Crippen molar-refractivity contribution in [1.29, 1.82) is 0 Å². The number of thioether (sulfide) groups is 1. The van der Waals surface area contributed by atoms with Gasteiger partial charge in [-0.25, -0.2) is 0 Å². The standard InChI is InChI=1S/C12H16N2O2S/c1-13-11(15)7-9-3-5-10(6-4-9)14-12(16)8-17-2/h3-6H,7-8H2,1-2H3,(H,13,15)(H,14,16). The predicted molar refractivity (Wildman–Crippen MR) is 71.2 cm³/mol. The fraction of sp³-hybridized carbons (Fsp3) is 0.333. The third-order valence-electron chi connectivity index (χ3n) is 2.16. The van der Waals surface area contributed by atoms with Gasteiger partial charge in [-0.15, -0.1) is 0 Å². The van der Waals surface area contributed by atoms with E-state index < -0.39 is 0 Å². The van der Waals surface area contributed by atoms with Crippen LogP contribution >= 0.6 is 11.8 Å². The average molecular weight is 252 g/mol. The second-order valence-corrected chi connectivity index (χ2v) is 4.39. The molecule has 2 N–H and O–H groups in total. The summed E-state index contributed by atoms with van der Waals surface area (Å²) in [7, 11) is 1.61. The Labute approximate surface area is 105 Å². The van der Waals surface area contributed by atoms with Crippen LogP contribution in [0.4, 0.5) is 5.69 Å². The van der Waals surface area contributed by atoms with Crippen molar-refractivity contribution in [1.82, 2.24) is 5.32 Å². The Bertz CT molecular complexity index is 390. The zero-order valence-corrected chi connectivity index (χ0v) is 10.8. The Hall–Kier alpha value is -1.49. The number of hydrogen-bond acceptors (Lipinski definition) is 3. The van der Waals surface area contributed by atoms with Crippen LogP contribution < -0.4 is 10.6 Å². The van der Waals surface area contributed by atoms with Crippen molar-refractivity contribution in [3.8, 4) is 0 Å². The van der Waals surface area contributed by atoms with Crippen molar-refractivity contribution in [3.63, 3.8) is 0 Å². The summed E-state index contributed by atoms with van der Waals surface area (Å²) in [6.07, 6.45) is 2.24. The molecule has 4 nitrogen and oxygen atoms in total. The van der Waals surface area contributed by atoms with Gasteiger partial charge in [-0.2, -0.15) is 11.8 Å². The van der Waals surface area contributed by atoms with Crippen LogP contribution in [-0.4, -0.2) is 30.9 Å². The van der Waals surface area contributed by atoms with E-state index in [1.807, 2.05) is 18.4 Å². The van der Waals surface area contributed by atoms with E-state index >= 15 is 0 Å². The molecule has 0 aromatic heterocycles. The molecule has 0 radical (unpaired) electrons. The lowest BCUT2D eigenvalue weighted by Gasteiger charge is -2.05. The molecule has 0 saturated heterocycles. The molecule has 2 amide bonds. The van der Waals surface area contributed by atoms with Gasteiger partial charge in [0.25, 0.3) is 0 Å². The number of carbonyl (C=O) groups excluding carboxylic acids is 2. The lowest BCUT2D eigenvalue weighted by atomic mass is 10.1. The fourth-order valence-electron chi connectivity index (χ4n) is 1.31. The van der Waals surface area contributed by atoms with Gasteiger partial charge in [-0.3, -0.25) is 9.59 Å². The summed E-state index contributed by atoms with van der Waals surface area (Å²) >= 11 is 1.48. The monoisotopic (exact) mass is 252 g/mol.